The van der Waals surface area contributed by atoms with Gasteiger partial charge in [0.25, 0.3) is 11.8 Å². The van der Waals surface area contributed by atoms with Gasteiger partial charge in [0, 0.05) is 73.7 Å². The quantitative estimate of drug-likeness (QED) is 0.108. The summed E-state index contributed by atoms with van der Waals surface area (Å²) in [5.74, 6) is -4.26. The normalized spacial score (nSPS) is 20.9. The summed E-state index contributed by atoms with van der Waals surface area (Å²) in [5, 5.41) is 1.10. The zero-order valence-corrected chi connectivity index (χ0v) is 31.3. The standard InChI is InChI=1S/C41H38N4O12/c1-22(46)53-20-32-35(54-23(2)47)36(55-24(3)48)37(56-25(4)49)41(57-32)44-18-30(28-14-10-16-42-38(28)44)34-33(29-17-43-31-15-9-8-13-27(29)31)39(50)45(40(34)51)21-52-19-26-11-6-5-7-12-26/h5-18,32,35-37,41,43H,19-21H2,1-4H3/t32-,35-,36+,37-,41?/m1/s1. The van der Waals surface area contributed by atoms with E-state index in [1.807, 2.05) is 54.6 Å². The van der Waals surface area contributed by atoms with Gasteiger partial charge in [-0.1, -0.05) is 48.5 Å². The molecule has 1 saturated heterocycles. The second-order valence-electron chi connectivity index (χ2n) is 13.4. The van der Waals surface area contributed by atoms with Crippen LogP contribution in [-0.4, -0.2) is 92.9 Å². The van der Waals surface area contributed by atoms with Gasteiger partial charge in [-0.15, -0.1) is 0 Å². The van der Waals surface area contributed by atoms with Gasteiger partial charge in [-0.2, -0.15) is 0 Å². The van der Waals surface area contributed by atoms with Crippen LogP contribution in [0.25, 0.3) is 33.1 Å². The van der Waals surface area contributed by atoms with Gasteiger partial charge in [0.15, 0.2) is 24.5 Å². The molecule has 294 valence electrons. The average Bonchev–Trinajstić information content (AvgIpc) is 3.84. The molecule has 0 bridgehead atoms. The Kier molecular flexibility index (Phi) is 11.0. The maximum atomic E-state index is 14.6. The van der Waals surface area contributed by atoms with Crippen LogP contribution in [-0.2, 0) is 63.8 Å². The number of fused-ring (bicyclic) bond motifs is 2. The van der Waals surface area contributed by atoms with Gasteiger partial charge in [0.2, 0.25) is 0 Å². The summed E-state index contributed by atoms with van der Waals surface area (Å²) in [6.07, 6.45) is -2.28. The number of para-hydroxylation sites is 1. The van der Waals surface area contributed by atoms with Gasteiger partial charge < -0.3 is 38.0 Å². The Morgan fingerprint density at radius 2 is 1.37 bits per heavy atom. The molecule has 5 heterocycles. The number of hydrogen-bond donors (Lipinski definition) is 1. The fraction of sp³-hybridized carbons (Fsp3) is 0.293. The fourth-order valence-electron chi connectivity index (χ4n) is 7.21. The number of benzene rings is 2. The number of pyridine rings is 1. The summed E-state index contributed by atoms with van der Waals surface area (Å²) in [6.45, 7) is 3.92. The van der Waals surface area contributed by atoms with E-state index in [2.05, 4.69) is 9.97 Å². The number of nitrogens with one attached hydrogen (secondary N) is 1. The Balaban J connectivity index is 1.39. The molecule has 5 atom stereocenters. The highest BCUT2D eigenvalue weighted by molar-refractivity contribution is 6.50. The van der Waals surface area contributed by atoms with E-state index in [1.54, 1.807) is 18.3 Å². The van der Waals surface area contributed by atoms with Gasteiger partial charge in [-0.3, -0.25) is 28.8 Å². The molecule has 0 radical (unpaired) electrons. The summed E-state index contributed by atoms with van der Waals surface area (Å²) >= 11 is 0. The Morgan fingerprint density at radius 3 is 2.07 bits per heavy atom. The lowest BCUT2D eigenvalue weighted by Crippen LogP contribution is -2.60. The molecule has 2 aliphatic heterocycles. The van der Waals surface area contributed by atoms with Crippen LogP contribution in [0.3, 0.4) is 0 Å². The van der Waals surface area contributed by atoms with Gasteiger partial charge in [0.05, 0.1) is 17.8 Å². The van der Waals surface area contributed by atoms with Gasteiger partial charge >= 0.3 is 23.9 Å². The third-order valence-corrected chi connectivity index (χ3v) is 9.46. The Bertz CT molecular complexity index is 2420. The summed E-state index contributed by atoms with van der Waals surface area (Å²) in [4.78, 5) is 87.4. The number of hydrogen-bond acceptors (Lipinski definition) is 13. The van der Waals surface area contributed by atoms with E-state index in [0.717, 1.165) is 36.8 Å². The van der Waals surface area contributed by atoms with Gasteiger partial charge in [-0.05, 0) is 23.8 Å². The first kappa shape index (κ1) is 38.6. The summed E-state index contributed by atoms with van der Waals surface area (Å²) in [6, 6.07) is 20.0. The van der Waals surface area contributed by atoms with Crippen LogP contribution in [0.5, 0.6) is 0 Å². The number of nitrogens with zero attached hydrogens (tertiary/aromatic N) is 3. The third kappa shape index (κ3) is 7.77. The minimum Gasteiger partial charge on any atom is -0.463 e. The minimum absolute atomic E-state index is 0.0375. The highest BCUT2D eigenvalue weighted by Gasteiger charge is 2.53. The number of carbonyl (C=O) groups excluding carboxylic acids is 6. The number of rotatable bonds is 12. The highest BCUT2D eigenvalue weighted by Crippen LogP contribution is 2.43. The zero-order chi connectivity index (χ0) is 40.4. The molecule has 1 N–H and O–H groups in total. The lowest BCUT2D eigenvalue weighted by molar-refractivity contribution is -0.267. The highest BCUT2D eigenvalue weighted by atomic mass is 16.7. The van der Waals surface area contributed by atoms with Crippen molar-refractivity contribution in [2.45, 2.75) is 64.9 Å². The molecule has 3 aromatic heterocycles. The van der Waals surface area contributed by atoms with Crippen molar-refractivity contribution in [1.82, 2.24) is 19.4 Å². The molecule has 16 heteroatoms. The van der Waals surface area contributed by atoms with E-state index in [0.29, 0.717) is 16.3 Å². The molecule has 1 unspecified atom stereocenters. The molecule has 2 aliphatic rings. The van der Waals surface area contributed by atoms with E-state index in [1.165, 1.54) is 23.9 Å². The van der Waals surface area contributed by atoms with E-state index >= 15 is 0 Å². The molecule has 5 aromatic rings. The van der Waals surface area contributed by atoms with Crippen molar-refractivity contribution in [1.29, 1.82) is 0 Å². The van der Waals surface area contributed by atoms with Gasteiger partial charge in [0.1, 0.15) is 25.1 Å². The van der Waals surface area contributed by atoms with Crippen LogP contribution in [0.1, 0.15) is 50.6 Å². The van der Waals surface area contributed by atoms with Crippen molar-refractivity contribution in [3.63, 3.8) is 0 Å². The van der Waals surface area contributed by atoms with Crippen LogP contribution >= 0.6 is 0 Å². The van der Waals surface area contributed by atoms with Crippen molar-refractivity contribution in [3.8, 4) is 0 Å². The fourth-order valence-corrected chi connectivity index (χ4v) is 7.21. The second-order valence-corrected chi connectivity index (χ2v) is 13.4. The van der Waals surface area contributed by atoms with E-state index in [-0.39, 0.29) is 35.7 Å². The lowest BCUT2D eigenvalue weighted by Gasteiger charge is -2.44. The maximum absolute atomic E-state index is 14.6. The second kappa shape index (κ2) is 16.2. The molecule has 0 aliphatic carbocycles. The van der Waals surface area contributed by atoms with Crippen molar-refractivity contribution in [2.75, 3.05) is 13.3 Å². The number of esters is 4. The van der Waals surface area contributed by atoms with E-state index in [4.69, 9.17) is 28.4 Å². The Hall–Kier alpha value is -6.65. The van der Waals surface area contributed by atoms with Crippen LogP contribution in [0.4, 0.5) is 0 Å². The number of aromatic nitrogens is 3. The van der Waals surface area contributed by atoms with E-state index < -0.39 is 72.9 Å². The molecule has 57 heavy (non-hydrogen) atoms. The number of amides is 2. The molecule has 2 aromatic carbocycles. The molecule has 0 spiro atoms. The molecule has 1 fully saturated rings. The minimum atomic E-state index is -1.47. The van der Waals surface area contributed by atoms with Crippen molar-refractivity contribution in [2.24, 2.45) is 0 Å². The molecule has 0 saturated carbocycles. The number of aromatic amines is 1. The summed E-state index contributed by atoms with van der Waals surface area (Å²) in [5.41, 5.74) is 2.69. The number of H-pyrrole nitrogens is 1. The van der Waals surface area contributed by atoms with Crippen LogP contribution in [0.2, 0.25) is 0 Å². The predicted molar refractivity (Wildman–Crippen MR) is 200 cm³/mol. The molecule has 2 amide bonds. The first-order chi connectivity index (χ1) is 27.4. The van der Waals surface area contributed by atoms with Crippen molar-refractivity contribution >= 4 is 68.8 Å². The number of carbonyl (C=O) groups is 6. The summed E-state index contributed by atoms with van der Waals surface area (Å²) < 4.78 is 36.1. The van der Waals surface area contributed by atoms with Crippen molar-refractivity contribution < 1.29 is 57.2 Å². The molecular formula is C41H38N4O12. The maximum Gasteiger partial charge on any atom is 0.303 e. The van der Waals surface area contributed by atoms with E-state index in [9.17, 15) is 28.8 Å². The largest absolute Gasteiger partial charge is 0.463 e. The smallest absolute Gasteiger partial charge is 0.303 e. The van der Waals surface area contributed by atoms with Gasteiger partial charge in [-0.25, -0.2) is 9.88 Å². The van der Waals surface area contributed by atoms with Crippen LogP contribution in [0, 0.1) is 0 Å². The lowest BCUT2D eigenvalue weighted by atomic mass is 9.96. The third-order valence-electron chi connectivity index (χ3n) is 9.46. The zero-order valence-electron chi connectivity index (χ0n) is 31.3. The monoisotopic (exact) mass is 778 g/mol. The Morgan fingerprint density at radius 1 is 0.737 bits per heavy atom. The SMILES string of the molecule is CC(=O)OC[C@H]1OC(n2cc(C3=C(c4c[nH]c5ccccc45)C(=O)N(COCc4ccccc4)C3=O)c3cccnc32)[C@H](OC(C)=O)[C@@H](OC(C)=O)[C@@H]1OC(C)=O. The molecular weight excluding hydrogens is 740 g/mol. The topological polar surface area (TPSA) is 195 Å². The predicted octanol–water partition coefficient (Wildman–Crippen LogP) is 4.23. The average molecular weight is 779 g/mol. The number of imide groups is 1. The first-order valence-corrected chi connectivity index (χ1v) is 18.0. The summed E-state index contributed by atoms with van der Waals surface area (Å²) in [7, 11) is 0. The first-order valence-electron chi connectivity index (χ1n) is 18.0. The van der Waals surface area contributed by atoms with Crippen LogP contribution < -0.4 is 0 Å². The molecule has 16 nitrogen and oxygen atoms in total. The number of ether oxygens (including phenoxy) is 6. The Labute approximate surface area is 325 Å². The molecule has 7 rings (SSSR count). The van der Waals surface area contributed by atoms with Crippen LogP contribution in [0.15, 0.2) is 85.3 Å². The van der Waals surface area contributed by atoms with Crippen molar-refractivity contribution in [3.05, 3.63) is 102 Å².